The highest BCUT2D eigenvalue weighted by molar-refractivity contribution is 6.74. The van der Waals surface area contributed by atoms with Gasteiger partial charge in [0.05, 0.1) is 6.61 Å². The molecule has 0 radical (unpaired) electrons. The van der Waals surface area contributed by atoms with Crippen LogP contribution in [0.4, 0.5) is 0 Å². The summed E-state index contributed by atoms with van der Waals surface area (Å²) in [7, 11) is -2.03. The van der Waals surface area contributed by atoms with Gasteiger partial charge in [-0.25, -0.2) is 9.78 Å². The molecule has 2 saturated heterocycles. The average molecular weight is 466 g/mol. The molecule has 12 heteroatoms. The number of rotatable bonds is 4. The van der Waals surface area contributed by atoms with Gasteiger partial charge in [-0.3, -0.25) is 24.7 Å². The molecule has 0 bridgehead atoms. The second kappa shape index (κ2) is 7.45. The van der Waals surface area contributed by atoms with Crippen molar-refractivity contribution >= 4 is 19.4 Å². The van der Waals surface area contributed by atoms with Gasteiger partial charge in [0.25, 0.3) is 5.56 Å². The van der Waals surface area contributed by atoms with E-state index in [9.17, 15) is 9.59 Å². The zero-order valence-corrected chi connectivity index (χ0v) is 20.4. The van der Waals surface area contributed by atoms with Crippen molar-refractivity contribution in [3.05, 3.63) is 32.7 Å². The second-order valence-electron chi connectivity index (χ2n) is 10.3. The fourth-order valence-electron chi connectivity index (χ4n) is 3.85. The topological polar surface area (TPSA) is 144 Å². The van der Waals surface area contributed by atoms with Gasteiger partial charge in [-0.1, -0.05) is 20.8 Å². The lowest BCUT2D eigenvalue weighted by atomic mass is 10.1. The fourth-order valence-corrected chi connectivity index (χ4v) is 4.86. The number of H-pyrrole nitrogens is 2. The third kappa shape index (κ3) is 3.90. The molecule has 0 saturated carbocycles. The Bertz CT molecular complexity index is 1210. The number of hydrogen-bond acceptors (Lipinski definition) is 8. The van der Waals surface area contributed by atoms with E-state index in [1.54, 1.807) is 0 Å². The lowest BCUT2D eigenvalue weighted by Gasteiger charge is -2.37. The number of nitrogens with zero attached hydrogens (tertiary/aromatic N) is 2. The Balaban J connectivity index is 1.73. The fraction of sp³-hybridized carbons (Fsp3) is 0.700. The third-order valence-corrected chi connectivity index (χ3v) is 11.0. The van der Waals surface area contributed by atoms with Gasteiger partial charge < -0.3 is 18.6 Å². The molecule has 3 N–H and O–H groups in total. The van der Waals surface area contributed by atoms with Crippen LogP contribution in [0.15, 0.2) is 15.9 Å². The lowest BCUT2D eigenvalue weighted by Crippen LogP contribution is -2.44. The molecule has 32 heavy (non-hydrogen) atoms. The van der Waals surface area contributed by atoms with Crippen molar-refractivity contribution in [1.29, 1.82) is 5.41 Å². The Morgan fingerprint density at radius 2 is 1.88 bits per heavy atom. The van der Waals surface area contributed by atoms with E-state index in [0.29, 0.717) is 6.61 Å². The highest BCUT2D eigenvalue weighted by atomic mass is 28.4. The summed E-state index contributed by atoms with van der Waals surface area (Å²) in [6.07, 6.45) is -0.720. The van der Waals surface area contributed by atoms with Gasteiger partial charge in [-0.15, -0.1) is 0 Å². The number of nitrogens with one attached hydrogen (secondary N) is 3. The summed E-state index contributed by atoms with van der Waals surface area (Å²) in [4.78, 5) is 33.1. The van der Waals surface area contributed by atoms with Crippen LogP contribution in [-0.4, -0.2) is 58.5 Å². The molecule has 2 fully saturated rings. The van der Waals surface area contributed by atoms with Crippen molar-refractivity contribution in [2.75, 3.05) is 6.61 Å². The normalized spacial score (nSPS) is 27.7. The van der Waals surface area contributed by atoms with E-state index in [1.165, 1.54) is 10.9 Å². The molecule has 2 aromatic rings. The van der Waals surface area contributed by atoms with Crippen LogP contribution < -0.4 is 16.7 Å². The molecular formula is C20H31N5O6Si. The maximum absolute atomic E-state index is 12.3. The summed E-state index contributed by atoms with van der Waals surface area (Å²) in [5.74, 6) is -0.837. The SMILES string of the molecule is CC1(C)O[C@@H]2[C@H](O1)[C@@H](CO[Si](C)(C)C(C)(C)C)O[C@@H]2n1cnc(=N)c2c(=O)[nH]c(=O)[nH]c21. The van der Waals surface area contributed by atoms with Crippen molar-refractivity contribution in [1.82, 2.24) is 19.5 Å². The van der Waals surface area contributed by atoms with Crippen LogP contribution in [0.2, 0.25) is 18.1 Å². The highest BCUT2D eigenvalue weighted by Crippen LogP contribution is 2.44. The van der Waals surface area contributed by atoms with E-state index in [2.05, 4.69) is 48.8 Å². The van der Waals surface area contributed by atoms with Crippen molar-refractivity contribution < 1.29 is 18.6 Å². The number of ether oxygens (including phenoxy) is 3. The van der Waals surface area contributed by atoms with Crippen LogP contribution >= 0.6 is 0 Å². The molecule has 0 unspecified atom stereocenters. The Hall–Kier alpha value is -2.12. The van der Waals surface area contributed by atoms with Gasteiger partial charge in [0, 0.05) is 0 Å². The minimum absolute atomic E-state index is 0.0357. The third-order valence-electron chi connectivity index (χ3n) is 6.54. The summed E-state index contributed by atoms with van der Waals surface area (Å²) >= 11 is 0. The zero-order chi connectivity index (χ0) is 23.6. The van der Waals surface area contributed by atoms with Crippen molar-refractivity contribution in [2.45, 2.75) is 83.1 Å². The predicted octanol–water partition coefficient (Wildman–Crippen LogP) is 1.33. The molecule has 2 aromatic heterocycles. The molecule has 4 atom stereocenters. The number of fused-ring (bicyclic) bond motifs is 2. The smallest absolute Gasteiger partial charge is 0.327 e. The van der Waals surface area contributed by atoms with E-state index < -0.39 is 49.9 Å². The Kier molecular flexibility index (Phi) is 5.37. The van der Waals surface area contributed by atoms with Crippen LogP contribution in [0.1, 0.15) is 40.8 Å². The molecule has 0 amide bonds. The lowest BCUT2D eigenvalue weighted by molar-refractivity contribution is -0.199. The molecular weight excluding hydrogens is 434 g/mol. The first-order chi connectivity index (χ1) is 14.7. The summed E-state index contributed by atoms with van der Waals surface area (Å²) in [6.45, 7) is 14.8. The highest BCUT2D eigenvalue weighted by Gasteiger charge is 2.56. The van der Waals surface area contributed by atoms with Gasteiger partial charge in [0.15, 0.2) is 25.8 Å². The monoisotopic (exact) mass is 465 g/mol. The van der Waals surface area contributed by atoms with E-state index in [-0.39, 0.29) is 21.6 Å². The van der Waals surface area contributed by atoms with Gasteiger partial charge in [0.1, 0.15) is 35.7 Å². The molecule has 0 aromatic carbocycles. The maximum atomic E-state index is 12.3. The first kappa shape index (κ1) is 23.0. The van der Waals surface area contributed by atoms with E-state index in [1.807, 2.05) is 13.8 Å². The Labute approximate surface area is 185 Å². The van der Waals surface area contributed by atoms with Gasteiger partial charge in [0.2, 0.25) is 0 Å². The Morgan fingerprint density at radius 1 is 1.22 bits per heavy atom. The molecule has 2 aliphatic heterocycles. The van der Waals surface area contributed by atoms with Crippen LogP contribution in [-0.2, 0) is 18.6 Å². The molecule has 2 aliphatic rings. The maximum Gasteiger partial charge on any atom is 0.327 e. The summed E-state index contributed by atoms with van der Waals surface area (Å²) in [5.41, 5.74) is -1.48. The quantitative estimate of drug-likeness (QED) is 0.578. The standard InChI is InChI=1S/C20H31N5O6Si/c1-19(2,3)32(6,7)28-8-10-12-13(31-20(4,5)30-12)17(29-10)25-9-22-14(21)11-15(25)23-18(27)24-16(11)26/h9-10,12-13,17,21H,8H2,1-7H3,(H2,23,24,26,27)/t10-,12-,13-,17+/m1/s1. The first-order valence-corrected chi connectivity index (χ1v) is 13.5. The van der Waals surface area contributed by atoms with Crippen molar-refractivity contribution in [3.8, 4) is 0 Å². The van der Waals surface area contributed by atoms with Crippen molar-refractivity contribution in [2.24, 2.45) is 0 Å². The molecule has 176 valence electrons. The van der Waals surface area contributed by atoms with Gasteiger partial charge in [-0.05, 0) is 32.0 Å². The second-order valence-corrected chi connectivity index (χ2v) is 15.1. The molecule has 4 heterocycles. The largest absolute Gasteiger partial charge is 0.414 e. The van der Waals surface area contributed by atoms with Crippen LogP contribution in [0.5, 0.6) is 0 Å². The van der Waals surface area contributed by atoms with Crippen LogP contribution in [0.3, 0.4) is 0 Å². The molecule has 0 spiro atoms. The summed E-state index contributed by atoms with van der Waals surface area (Å²) in [6, 6.07) is 0. The van der Waals surface area contributed by atoms with Crippen LogP contribution in [0.25, 0.3) is 11.0 Å². The minimum Gasteiger partial charge on any atom is -0.414 e. The Morgan fingerprint density at radius 3 is 2.53 bits per heavy atom. The first-order valence-electron chi connectivity index (χ1n) is 10.6. The molecule has 4 rings (SSSR count). The van der Waals surface area contributed by atoms with Gasteiger partial charge >= 0.3 is 5.69 Å². The van der Waals surface area contributed by atoms with E-state index in [4.69, 9.17) is 24.0 Å². The number of aromatic nitrogens is 4. The summed E-state index contributed by atoms with van der Waals surface area (Å²) in [5, 5.41) is 8.01. The van der Waals surface area contributed by atoms with Gasteiger partial charge in [-0.2, -0.15) is 0 Å². The predicted molar refractivity (Wildman–Crippen MR) is 118 cm³/mol. The molecule has 0 aliphatic carbocycles. The van der Waals surface area contributed by atoms with E-state index >= 15 is 0 Å². The zero-order valence-electron chi connectivity index (χ0n) is 19.4. The average Bonchev–Trinajstić information content (AvgIpc) is 3.12. The van der Waals surface area contributed by atoms with Crippen LogP contribution in [0, 0.1) is 5.41 Å². The number of hydrogen-bond donors (Lipinski definition) is 3. The molecule has 11 nitrogen and oxygen atoms in total. The minimum atomic E-state index is -2.03. The van der Waals surface area contributed by atoms with Crippen molar-refractivity contribution in [3.63, 3.8) is 0 Å². The number of aromatic amines is 2. The van der Waals surface area contributed by atoms with E-state index in [0.717, 1.165) is 0 Å². The summed E-state index contributed by atoms with van der Waals surface area (Å²) < 4.78 is 26.5.